The number of carbonyl (C=O) groups excluding carboxylic acids is 1. The summed E-state index contributed by atoms with van der Waals surface area (Å²) in [5.41, 5.74) is 0.129. The van der Waals surface area contributed by atoms with Crippen molar-refractivity contribution in [1.29, 1.82) is 0 Å². The van der Waals surface area contributed by atoms with Crippen LogP contribution < -0.4 is 0 Å². The normalized spacial score (nSPS) is 33.5. The standard InChI is InChI=1S/C11H18O6/c1-5(2)11(16)17-10-8(14)6(4-12)3-7(13)9(10)15/h3,5,7-10,12-15H,4H2,1-2H3/t7-,8+,9-,10-/m0/s1. The molecule has 0 bridgehead atoms. The average molecular weight is 246 g/mol. The van der Waals surface area contributed by atoms with Crippen molar-refractivity contribution in [1.82, 2.24) is 0 Å². The molecule has 4 atom stereocenters. The van der Waals surface area contributed by atoms with Crippen molar-refractivity contribution in [2.75, 3.05) is 6.61 Å². The third-order valence-corrected chi connectivity index (χ3v) is 2.67. The maximum Gasteiger partial charge on any atom is 0.308 e. The molecule has 0 heterocycles. The first-order valence-electron chi connectivity index (χ1n) is 5.44. The molecule has 6 heteroatoms. The zero-order valence-electron chi connectivity index (χ0n) is 9.78. The van der Waals surface area contributed by atoms with E-state index in [1.807, 2.05) is 0 Å². The molecule has 0 saturated carbocycles. The quantitative estimate of drug-likeness (QED) is 0.359. The lowest BCUT2D eigenvalue weighted by Gasteiger charge is -2.34. The largest absolute Gasteiger partial charge is 0.456 e. The van der Waals surface area contributed by atoms with E-state index >= 15 is 0 Å². The van der Waals surface area contributed by atoms with E-state index in [0.717, 1.165) is 6.08 Å². The monoisotopic (exact) mass is 246 g/mol. The van der Waals surface area contributed by atoms with E-state index in [2.05, 4.69) is 0 Å². The van der Waals surface area contributed by atoms with Gasteiger partial charge >= 0.3 is 5.97 Å². The second-order valence-electron chi connectivity index (χ2n) is 4.38. The molecule has 0 aromatic heterocycles. The predicted molar refractivity (Wildman–Crippen MR) is 57.9 cm³/mol. The first-order valence-corrected chi connectivity index (χ1v) is 5.44. The van der Waals surface area contributed by atoms with Crippen LogP contribution in [0.15, 0.2) is 11.6 Å². The topological polar surface area (TPSA) is 107 Å². The first-order chi connectivity index (χ1) is 7.88. The van der Waals surface area contributed by atoms with Gasteiger partial charge in [0.25, 0.3) is 0 Å². The van der Waals surface area contributed by atoms with E-state index in [-0.39, 0.29) is 5.57 Å². The zero-order valence-corrected chi connectivity index (χ0v) is 9.78. The van der Waals surface area contributed by atoms with Gasteiger partial charge in [0.15, 0.2) is 6.10 Å². The maximum absolute atomic E-state index is 11.4. The van der Waals surface area contributed by atoms with Gasteiger partial charge in [-0.15, -0.1) is 0 Å². The number of ether oxygens (including phenoxy) is 1. The SMILES string of the molecule is CC(C)C(=O)O[C@@H]1[C@@H](O)[C@@H](O)C=C(CO)[C@H]1O. The Balaban J connectivity index is 2.84. The van der Waals surface area contributed by atoms with Crippen molar-refractivity contribution in [3.63, 3.8) is 0 Å². The highest BCUT2D eigenvalue weighted by atomic mass is 16.6. The Bertz CT molecular complexity index is 311. The van der Waals surface area contributed by atoms with E-state index in [4.69, 9.17) is 9.84 Å². The van der Waals surface area contributed by atoms with Gasteiger partial charge in [-0.1, -0.05) is 13.8 Å². The molecule has 1 aliphatic carbocycles. The number of hydrogen-bond donors (Lipinski definition) is 4. The molecule has 0 fully saturated rings. The van der Waals surface area contributed by atoms with Crippen molar-refractivity contribution < 1.29 is 30.0 Å². The van der Waals surface area contributed by atoms with Crippen LogP contribution in [0.25, 0.3) is 0 Å². The van der Waals surface area contributed by atoms with Gasteiger partial charge < -0.3 is 25.2 Å². The molecule has 0 radical (unpaired) electrons. The van der Waals surface area contributed by atoms with Crippen LogP contribution in [0.1, 0.15) is 13.8 Å². The number of hydrogen-bond acceptors (Lipinski definition) is 6. The van der Waals surface area contributed by atoms with Crippen molar-refractivity contribution in [2.45, 2.75) is 38.3 Å². The summed E-state index contributed by atoms with van der Waals surface area (Å²) in [6, 6.07) is 0. The molecule has 6 nitrogen and oxygen atoms in total. The number of esters is 1. The van der Waals surface area contributed by atoms with E-state index < -0.39 is 42.9 Å². The summed E-state index contributed by atoms with van der Waals surface area (Å²) in [4.78, 5) is 11.4. The van der Waals surface area contributed by atoms with E-state index in [1.165, 1.54) is 0 Å². The Morgan fingerprint density at radius 1 is 1.41 bits per heavy atom. The molecule has 1 aliphatic rings. The predicted octanol–water partition coefficient (Wildman–Crippen LogP) is -1.43. The van der Waals surface area contributed by atoms with Gasteiger partial charge in [0, 0.05) is 0 Å². The highest BCUT2D eigenvalue weighted by Crippen LogP contribution is 2.23. The van der Waals surface area contributed by atoms with Gasteiger partial charge in [0.2, 0.25) is 0 Å². The lowest BCUT2D eigenvalue weighted by atomic mass is 9.89. The van der Waals surface area contributed by atoms with E-state index in [9.17, 15) is 20.1 Å². The Hall–Kier alpha value is -0.950. The van der Waals surface area contributed by atoms with Crippen LogP contribution in [0.2, 0.25) is 0 Å². The fourth-order valence-electron chi connectivity index (χ4n) is 1.56. The summed E-state index contributed by atoms with van der Waals surface area (Å²) in [5, 5.41) is 37.9. The van der Waals surface area contributed by atoms with Crippen molar-refractivity contribution >= 4 is 5.97 Å². The first kappa shape index (κ1) is 14.1. The zero-order chi connectivity index (χ0) is 13.2. The fraction of sp³-hybridized carbons (Fsp3) is 0.727. The number of aliphatic hydroxyl groups excluding tert-OH is 4. The van der Waals surface area contributed by atoms with Crippen LogP contribution in [0, 0.1) is 5.92 Å². The van der Waals surface area contributed by atoms with Crippen LogP contribution in [0.3, 0.4) is 0 Å². The van der Waals surface area contributed by atoms with Crippen LogP contribution in [-0.4, -0.2) is 57.4 Å². The fourth-order valence-corrected chi connectivity index (χ4v) is 1.56. The highest BCUT2D eigenvalue weighted by molar-refractivity contribution is 5.71. The number of rotatable bonds is 3. The van der Waals surface area contributed by atoms with Crippen LogP contribution in [0.4, 0.5) is 0 Å². The third-order valence-electron chi connectivity index (χ3n) is 2.67. The molecule has 17 heavy (non-hydrogen) atoms. The molecule has 0 aliphatic heterocycles. The van der Waals surface area contributed by atoms with E-state index in [1.54, 1.807) is 13.8 Å². The molecular weight excluding hydrogens is 228 g/mol. The van der Waals surface area contributed by atoms with Crippen molar-refractivity contribution in [3.05, 3.63) is 11.6 Å². The smallest absolute Gasteiger partial charge is 0.308 e. The molecule has 1 rings (SSSR count). The molecule has 4 N–H and O–H groups in total. The minimum absolute atomic E-state index is 0.129. The van der Waals surface area contributed by atoms with Crippen LogP contribution in [-0.2, 0) is 9.53 Å². The minimum Gasteiger partial charge on any atom is -0.456 e. The van der Waals surface area contributed by atoms with Gasteiger partial charge in [0.05, 0.1) is 12.5 Å². The van der Waals surface area contributed by atoms with Crippen molar-refractivity contribution in [2.24, 2.45) is 5.92 Å². The Morgan fingerprint density at radius 2 is 2.00 bits per heavy atom. The second-order valence-corrected chi connectivity index (χ2v) is 4.38. The highest BCUT2D eigenvalue weighted by Gasteiger charge is 2.40. The molecule has 0 aromatic carbocycles. The minimum atomic E-state index is -1.40. The Morgan fingerprint density at radius 3 is 2.47 bits per heavy atom. The van der Waals surface area contributed by atoms with E-state index in [0.29, 0.717) is 0 Å². The molecule has 0 unspecified atom stereocenters. The average Bonchev–Trinajstić information content (AvgIpc) is 2.28. The van der Waals surface area contributed by atoms with Crippen LogP contribution >= 0.6 is 0 Å². The summed E-state index contributed by atoms with van der Waals surface area (Å²) >= 11 is 0. The molecule has 0 aromatic rings. The van der Waals surface area contributed by atoms with Gasteiger partial charge in [-0.3, -0.25) is 4.79 Å². The summed E-state index contributed by atoms with van der Waals surface area (Å²) in [7, 11) is 0. The molecule has 0 spiro atoms. The van der Waals surface area contributed by atoms with Gasteiger partial charge in [-0.25, -0.2) is 0 Å². The maximum atomic E-state index is 11.4. The Labute approximate surface area is 99.1 Å². The van der Waals surface area contributed by atoms with Crippen molar-refractivity contribution in [3.8, 4) is 0 Å². The lowest BCUT2D eigenvalue weighted by molar-refractivity contribution is -0.173. The summed E-state index contributed by atoms with van der Waals surface area (Å²) in [6.45, 7) is 2.76. The summed E-state index contributed by atoms with van der Waals surface area (Å²) in [5.74, 6) is -0.991. The lowest BCUT2D eigenvalue weighted by Crippen LogP contribution is -2.51. The van der Waals surface area contributed by atoms with Gasteiger partial charge in [-0.2, -0.15) is 0 Å². The molecular formula is C11H18O6. The number of aliphatic hydroxyl groups is 4. The van der Waals surface area contributed by atoms with Crippen LogP contribution in [0.5, 0.6) is 0 Å². The van der Waals surface area contributed by atoms with Gasteiger partial charge in [0.1, 0.15) is 18.3 Å². The summed E-state index contributed by atoms with van der Waals surface area (Å²) in [6.07, 6.45) is -4.07. The molecule has 0 saturated heterocycles. The third kappa shape index (κ3) is 3.04. The number of carbonyl (C=O) groups is 1. The Kier molecular flexibility index (Phi) is 4.64. The second kappa shape index (κ2) is 5.59. The summed E-state index contributed by atoms with van der Waals surface area (Å²) < 4.78 is 4.93. The van der Waals surface area contributed by atoms with Gasteiger partial charge in [-0.05, 0) is 11.6 Å². The molecule has 98 valence electrons. The molecule has 0 amide bonds.